The third-order valence-electron chi connectivity index (χ3n) is 4.90. The first kappa shape index (κ1) is 20.1. The van der Waals surface area contributed by atoms with Crippen molar-refractivity contribution < 1.29 is 13.2 Å². The van der Waals surface area contributed by atoms with E-state index in [1.54, 1.807) is 30.3 Å². The molecule has 1 aliphatic rings. The number of benzene rings is 1. The molecule has 0 unspecified atom stereocenters. The van der Waals surface area contributed by atoms with Crippen LogP contribution >= 0.6 is 0 Å². The third-order valence-corrected chi connectivity index (χ3v) is 6.94. The molecular formula is C19H25N5O3S. The fraction of sp³-hybridized carbons (Fsp3) is 0.421. The van der Waals surface area contributed by atoms with Crippen LogP contribution in [-0.4, -0.2) is 36.7 Å². The molecule has 0 saturated heterocycles. The SMILES string of the molecule is CC(C)NC(=O)Nc1ccc(-c2nc(N)cc(C3(S(C)(=O)=O)CCC3)n2)cc1. The standard InChI is InChI=1S/C19H25N5O3S/c1-12(2)21-18(25)22-14-7-5-13(6-8-14)17-23-15(11-16(20)24-17)19(9-4-10-19)28(3,26)27/h5-8,11-12H,4,9-10H2,1-3H3,(H2,20,23,24)(H2,21,22,25). The van der Waals surface area contributed by atoms with Gasteiger partial charge in [0.2, 0.25) is 0 Å². The predicted molar refractivity (Wildman–Crippen MR) is 110 cm³/mol. The van der Waals surface area contributed by atoms with Crippen molar-refractivity contribution in [3.63, 3.8) is 0 Å². The lowest BCUT2D eigenvalue weighted by Gasteiger charge is -2.39. The van der Waals surface area contributed by atoms with Gasteiger partial charge in [0.15, 0.2) is 15.7 Å². The molecular weight excluding hydrogens is 378 g/mol. The zero-order chi connectivity index (χ0) is 20.5. The summed E-state index contributed by atoms with van der Waals surface area (Å²) in [5.74, 6) is 0.594. The molecule has 0 aliphatic heterocycles. The Morgan fingerprint density at radius 2 is 1.82 bits per heavy atom. The fourth-order valence-electron chi connectivity index (χ4n) is 3.28. The number of urea groups is 1. The zero-order valence-corrected chi connectivity index (χ0v) is 17.0. The molecule has 1 aliphatic carbocycles. The number of hydrogen-bond acceptors (Lipinski definition) is 6. The van der Waals surface area contributed by atoms with Gasteiger partial charge in [0.1, 0.15) is 10.6 Å². The van der Waals surface area contributed by atoms with Crippen LogP contribution in [0.5, 0.6) is 0 Å². The van der Waals surface area contributed by atoms with E-state index in [4.69, 9.17) is 5.73 Å². The average Bonchev–Trinajstić information content (AvgIpc) is 2.51. The number of anilines is 2. The quantitative estimate of drug-likeness (QED) is 0.704. The number of hydrogen-bond donors (Lipinski definition) is 3. The number of nitrogen functional groups attached to an aromatic ring is 1. The number of nitrogens with one attached hydrogen (secondary N) is 2. The highest BCUT2D eigenvalue weighted by Gasteiger charge is 2.49. The van der Waals surface area contributed by atoms with E-state index in [1.807, 2.05) is 13.8 Å². The van der Waals surface area contributed by atoms with Gasteiger partial charge in [-0.15, -0.1) is 0 Å². The van der Waals surface area contributed by atoms with Crippen molar-refractivity contribution >= 4 is 27.4 Å². The first-order valence-electron chi connectivity index (χ1n) is 9.13. The molecule has 1 saturated carbocycles. The molecule has 28 heavy (non-hydrogen) atoms. The van der Waals surface area contributed by atoms with Crippen molar-refractivity contribution in [2.45, 2.75) is 43.9 Å². The van der Waals surface area contributed by atoms with E-state index in [1.165, 1.54) is 6.26 Å². The van der Waals surface area contributed by atoms with Gasteiger partial charge in [0.25, 0.3) is 0 Å². The molecule has 0 spiro atoms. The van der Waals surface area contributed by atoms with Crippen LogP contribution in [-0.2, 0) is 14.6 Å². The number of amides is 2. The summed E-state index contributed by atoms with van der Waals surface area (Å²) in [4.78, 5) is 20.6. The van der Waals surface area contributed by atoms with E-state index >= 15 is 0 Å². The summed E-state index contributed by atoms with van der Waals surface area (Å²) < 4.78 is 23.8. The molecule has 0 bridgehead atoms. The summed E-state index contributed by atoms with van der Waals surface area (Å²) >= 11 is 0. The number of carbonyl (C=O) groups excluding carboxylic acids is 1. The minimum atomic E-state index is -3.33. The smallest absolute Gasteiger partial charge is 0.319 e. The van der Waals surface area contributed by atoms with Crippen LogP contribution < -0.4 is 16.4 Å². The molecule has 1 fully saturated rings. The van der Waals surface area contributed by atoms with Crippen LogP contribution in [0.1, 0.15) is 38.8 Å². The van der Waals surface area contributed by atoms with Crippen LogP contribution in [0, 0.1) is 0 Å². The maximum atomic E-state index is 12.4. The van der Waals surface area contributed by atoms with Crippen molar-refractivity contribution in [1.82, 2.24) is 15.3 Å². The van der Waals surface area contributed by atoms with Gasteiger partial charge in [0, 0.05) is 29.6 Å². The lowest BCUT2D eigenvalue weighted by Crippen LogP contribution is -2.42. The second-order valence-corrected chi connectivity index (χ2v) is 9.78. The molecule has 8 nitrogen and oxygen atoms in total. The van der Waals surface area contributed by atoms with Crippen molar-refractivity contribution in [2.75, 3.05) is 17.3 Å². The van der Waals surface area contributed by atoms with Gasteiger partial charge < -0.3 is 16.4 Å². The van der Waals surface area contributed by atoms with Gasteiger partial charge >= 0.3 is 6.03 Å². The molecule has 150 valence electrons. The van der Waals surface area contributed by atoms with E-state index in [0.29, 0.717) is 35.6 Å². The molecule has 0 atom stereocenters. The van der Waals surface area contributed by atoms with Gasteiger partial charge in [-0.2, -0.15) is 0 Å². The Bertz CT molecular complexity index is 983. The van der Waals surface area contributed by atoms with E-state index in [9.17, 15) is 13.2 Å². The highest BCUT2D eigenvalue weighted by molar-refractivity contribution is 7.91. The highest BCUT2D eigenvalue weighted by atomic mass is 32.2. The second kappa shape index (κ2) is 7.38. The highest BCUT2D eigenvalue weighted by Crippen LogP contribution is 2.47. The maximum Gasteiger partial charge on any atom is 0.319 e. The van der Waals surface area contributed by atoms with Gasteiger partial charge in [-0.25, -0.2) is 23.2 Å². The molecule has 1 heterocycles. The number of nitrogens with zero attached hydrogens (tertiary/aromatic N) is 2. The monoisotopic (exact) mass is 403 g/mol. The Labute approximate surface area is 164 Å². The van der Waals surface area contributed by atoms with Gasteiger partial charge in [-0.3, -0.25) is 0 Å². The third kappa shape index (κ3) is 3.94. The van der Waals surface area contributed by atoms with Crippen LogP contribution in [0.2, 0.25) is 0 Å². The molecule has 3 rings (SSSR count). The fourth-order valence-corrected chi connectivity index (χ4v) is 4.79. The predicted octanol–water partition coefficient (Wildman–Crippen LogP) is 2.68. The normalized spacial score (nSPS) is 15.7. The number of carbonyl (C=O) groups is 1. The van der Waals surface area contributed by atoms with Crippen molar-refractivity contribution in [2.24, 2.45) is 0 Å². The Balaban J connectivity index is 1.88. The molecule has 1 aromatic heterocycles. The summed E-state index contributed by atoms with van der Waals surface area (Å²) in [7, 11) is -3.33. The number of aromatic nitrogens is 2. The summed E-state index contributed by atoms with van der Waals surface area (Å²) in [6.45, 7) is 3.76. The maximum absolute atomic E-state index is 12.4. The van der Waals surface area contributed by atoms with Crippen LogP contribution in [0.4, 0.5) is 16.3 Å². The molecule has 2 amide bonds. The summed E-state index contributed by atoms with van der Waals surface area (Å²) in [6.07, 6.45) is 3.16. The summed E-state index contributed by atoms with van der Waals surface area (Å²) in [6, 6.07) is 8.29. The van der Waals surface area contributed by atoms with Crippen molar-refractivity contribution in [3.8, 4) is 11.4 Å². The molecule has 0 radical (unpaired) electrons. The Kier molecular flexibility index (Phi) is 5.29. The van der Waals surface area contributed by atoms with Crippen molar-refractivity contribution in [1.29, 1.82) is 0 Å². The van der Waals surface area contributed by atoms with E-state index in [2.05, 4.69) is 20.6 Å². The second-order valence-electron chi connectivity index (χ2n) is 7.45. The largest absolute Gasteiger partial charge is 0.384 e. The van der Waals surface area contributed by atoms with Gasteiger partial charge in [0.05, 0.1) is 5.69 Å². The Morgan fingerprint density at radius 1 is 1.18 bits per heavy atom. The molecule has 4 N–H and O–H groups in total. The first-order chi connectivity index (χ1) is 13.1. The number of sulfone groups is 1. The molecule has 9 heteroatoms. The van der Waals surface area contributed by atoms with E-state index in [-0.39, 0.29) is 17.9 Å². The van der Waals surface area contributed by atoms with Crippen LogP contribution in [0.15, 0.2) is 30.3 Å². The van der Waals surface area contributed by atoms with Crippen LogP contribution in [0.3, 0.4) is 0 Å². The Morgan fingerprint density at radius 3 is 2.32 bits per heavy atom. The average molecular weight is 404 g/mol. The lowest BCUT2D eigenvalue weighted by molar-refractivity contribution is 0.250. The summed E-state index contributed by atoms with van der Waals surface area (Å²) in [5.41, 5.74) is 7.70. The van der Waals surface area contributed by atoms with Crippen molar-refractivity contribution in [3.05, 3.63) is 36.0 Å². The molecule has 2 aromatic rings. The van der Waals surface area contributed by atoms with Gasteiger partial charge in [-0.05, 0) is 57.4 Å². The number of nitrogens with two attached hydrogens (primary N) is 1. The van der Waals surface area contributed by atoms with Crippen LogP contribution in [0.25, 0.3) is 11.4 Å². The lowest BCUT2D eigenvalue weighted by atomic mass is 9.81. The minimum absolute atomic E-state index is 0.0343. The van der Waals surface area contributed by atoms with E-state index < -0.39 is 14.6 Å². The molecule has 1 aromatic carbocycles. The van der Waals surface area contributed by atoms with E-state index in [0.717, 1.165) is 6.42 Å². The first-order valence-corrected chi connectivity index (χ1v) is 11.0. The topological polar surface area (TPSA) is 127 Å². The van der Waals surface area contributed by atoms with Gasteiger partial charge in [-0.1, -0.05) is 0 Å². The summed E-state index contributed by atoms with van der Waals surface area (Å²) in [5, 5.41) is 5.49. The Hall–Kier alpha value is -2.68. The minimum Gasteiger partial charge on any atom is -0.384 e. The zero-order valence-electron chi connectivity index (χ0n) is 16.2. The number of rotatable bonds is 5.